The Bertz CT molecular complexity index is 771. The lowest BCUT2D eigenvalue weighted by Crippen LogP contribution is -2.14. The number of benzene rings is 1. The maximum absolute atomic E-state index is 12.3. The summed E-state index contributed by atoms with van der Waals surface area (Å²) in [6.07, 6.45) is 2.26. The number of ether oxygens (including phenoxy) is 4. The molecule has 24 heavy (non-hydrogen) atoms. The summed E-state index contributed by atoms with van der Waals surface area (Å²) in [7, 11) is 4.07. The molecule has 1 aromatic rings. The van der Waals surface area contributed by atoms with Crippen LogP contribution in [0.1, 0.15) is 12.5 Å². The molecule has 0 fully saturated rings. The number of hydrogen-bond donors (Lipinski definition) is 0. The smallest absolute Gasteiger partial charge is 0.308 e. The van der Waals surface area contributed by atoms with Crippen LogP contribution in [0.3, 0.4) is 0 Å². The maximum Gasteiger partial charge on any atom is 0.308 e. The lowest BCUT2D eigenvalue weighted by atomic mass is 9.94. The molecule has 0 saturated carbocycles. The van der Waals surface area contributed by atoms with Crippen LogP contribution in [0.15, 0.2) is 30.0 Å². The first-order chi connectivity index (χ1) is 11.4. The van der Waals surface area contributed by atoms with Gasteiger partial charge in [-0.05, 0) is 12.1 Å². The second kappa shape index (κ2) is 6.99. The normalized spacial score (nSPS) is 13.8. The third-order valence-electron chi connectivity index (χ3n) is 3.30. The molecule has 1 aliphatic carbocycles. The third kappa shape index (κ3) is 3.15. The average molecular weight is 332 g/mol. The van der Waals surface area contributed by atoms with Crippen molar-refractivity contribution < 1.29 is 33.3 Å². The molecule has 7 nitrogen and oxygen atoms in total. The number of esters is 1. The van der Waals surface area contributed by atoms with Gasteiger partial charge in [-0.15, -0.1) is 0 Å². The maximum atomic E-state index is 12.3. The minimum Gasteiger partial charge on any atom is -0.493 e. The molecule has 0 aromatic heterocycles. The topological polar surface area (TPSA) is 88.1 Å². The van der Waals surface area contributed by atoms with E-state index in [1.165, 1.54) is 34.3 Å². The zero-order valence-corrected chi connectivity index (χ0v) is 13.7. The van der Waals surface area contributed by atoms with Crippen molar-refractivity contribution in [2.75, 3.05) is 21.3 Å². The van der Waals surface area contributed by atoms with Gasteiger partial charge >= 0.3 is 5.97 Å². The third-order valence-corrected chi connectivity index (χ3v) is 3.30. The Morgan fingerprint density at radius 2 is 1.58 bits per heavy atom. The van der Waals surface area contributed by atoms with Crippen LogP contribution < -0.4 is 14.2 Å². The van der Waals surface area contributed by atoms with Gasteiger partial charge in [0.2, 0.25) is 11.5 Å². The Morgan fingerprint density at radius 3 is 2.12 bits per heavy atom. The molecule has 0 aliphatic heterocycles. The molecular formula is C17H16O7. The summed E-state index contributed by atoms with van der Waals surface area (Å²) in [4.78, 5) is 35.6. The molecule has 1 aromatic carbocycles. The summed E-state index contributed by atoms with van der Waals surface area (Å²) in [5.74, 6) is -1.09. The molecular weight excluding hydrogens is 316 g/mol. The quantitative estimate of drug-likeness (QED) is 0.460. The van der Waals surface area contributed by atoms with Gasteiger partial charge in [-0.1, -0.05) is 0 Å². The molecule has 0 heterocycles. The highest BCUT2D eigenvalue weighted by atomic mass is 16.6. The Hall–Kier alpha value is -3.09. The summed E-state index contributed by atoms with van der Waals surface area (Å²) < 4.78 is 20.4. The summed E-state index contributed by atoms with van der Waals surface area (Å²) in [6.45, 7) is 1.23. The number of methoxy groups -OCH3 is 3. The van der Waals surface area contributed by atoms with Crippen molar-refractivity contribution >= 4 is 23.1 Å². The second-order valence-electron chi connectivity index (χ2n) is 4.77. The van der Waals surface area contributed by atoms with E-state index < -0.39 is 17.5 Å². The first kappa shape index (κ1) is 17.3. The number of carbonyl (C=O) groups is 3. The first-order valence-corrected chi connectivity index (χ1v) is 6.92. The minimum absolute atomic E-state index is 0.0349. The molecule has 0 atom stereocenters. The fourth-order valence-electron chi connectivity index (χ4n) is 2.27. The van der Waals surface area contributed by atoms with E-state index in [9.17, 15) is 14.4 Å². The summed E-state index contributed by atoms with van der Waals surface area (Å²) >= 11 is 0. The van der Waals surface area contributed by atoms with E-state index in [0.717, 1.165) is 12.2 Å². The van der Waals surface area contributed by atoms with Crippen molar-refractivity contribution in [3.8, 4) is 17.2 Å². The molecule has 0 bridgehead atoms. The highest BCUT2D eigenvalue weighted by molar-refractivity contribution is 6.35. The molecule has 0 saturated heterocycles. The van der Waals surface area contributed by atoms with Gasteiger partial charge in [0.1, 0.15) is 0 Å². The second-order valence-corrected chi connectivity index (χ2v) is 4.77. The lowest BCUT2D eigenvalue weighted by Gasteiger charge is -2.18. The van der Waals surface area contributed by atoms with Crippen LogP contribution in [0.2, 0.25) is 0 Å². The predicted molar refractivity (Wildman–Crippen MR) is 83.9 cm³/mol. The van der Waals surface area contributed by atoms with Crippen LogP contribution in [0.4, 0.5) is 0 Å². The highest BCUT2D eigenvalue weighted by Gasteiger charge is 2.27. The van der Waals surface area contributed by atoms with Crippen LogP contribution in [-0.4, -0.2) is 38.9 Å². The van der Waals surface area contributed by atoms with Gasteiger partial charge in [-0.25, -0.2) is 0 Å². The van der Waals surface area contributed by atoms with E-state index in [0.29, 0.717) is 5.56 Å². The van der Waals surface area contributed by atoms with Gasteiger partial charge in [0.15, 0.2) is 23.0 Å². The van der Waals surface area contributed by atoms with E-state index in [4.69, 9.17) is 18.9 Å². The van der Waals surface area contributed by atoms with Crippen molar-refractivity contribution in [1.82, 2.24) is 0 Å². The lowest BCUT2D eigenvalue weighted by molar-refractivity contribution is -0.132. The Balaban J connectivity index is 2.61. The van der Waals surface area contributed by atoms with Gasteiger partial charge < -0.3 is 18.9 Å². The van der Waals surface area contributed by atoms with Crippen molar-refractivity contribution in [3.05, 3.63) is 35.6 Å². The summed E-state index contributed by atoms with van der Waals surface area (Å²) in [6, 6.07) is 3.07. The summed E-state index contributed by atoms with van der Waals surface area (Å²) in [5, 5.41) is 0. The molecule has 1 aliphatic rings. The van der Waals surface area contributed by atoms with Crippen LogP contribution in [-0.2, 0) is 19.1 Å². The van der Waals surface area contributed by atoms with Crippen LogP contribution in [0.5, 0.6) is 17.2 Å². The van der Waals surface area contributed by atoms with Crippen LogP contribution >= 0.6 is 0 Å². The Kier molecular flexibility index (Phi) is 5.03. The molecule has 0 unspecified atom stereocenters. The van der Waals surface area contributed by atoms with E-state index in [-0.39, 0.29) is 28.6 Å². The predicted octanol–water partition coefficient (Wildman–Crippen LogP) is 1.69. The first-order valence-electron chi connectivity index (χ1n) is 6.92. The molecule has 0 radical (unpaired) electrons. The average Bonchev–Trinajstić information content (AvgIpc) is 2.55. The van der Waals surface area contributed by atoms with Crippen LogP contribution in [0, 0.1) is 0 Å². The number of allylic oxidation sites excluding steroid dienone is 3. The van der Waals surface area contributed by atoms with E-state index in [2.05, 4.69) is 0 Å². The number of hydrogen-bond acceptors (Lipinski definition) is 7. The highest BCUT2D eigenvalue weighted by Crippen LogP contribution is 2.43. The molecule has 0 N–H and O–H groups in total. The molecule has 0 amide bonds. The molecule has 126 valence electrons. The van der Waals surface area contributed by atoms with Gasteiger partial charge in [0.25, 0.3) is 0 Å². The van der Waals surface area contributed by atoms with E-state index in [1.807, 2.05) is 0 Å². The van der Waals surface area contributed by atoms with Gasteiger partial charge in [-0.2, -0.15) is 0 Å². The molecule has 0 spiro atoms. The largest absolute Gasteiger partial charge is 0.493 e. The number of ketones is 2. The van der Waals surface area contributed by atoms with Gasteiger partial charge in [-0.3, -0.25) is 14.4 Å². The van der Waals surface area contributed by atoms with Crippen molar-refractivity contribution in [1.29, 1.82) is 0 Å². The monoisotopic (exact) mass is 332 g/mol. The van der Waals surface area contributed by atoms with E-state index >= 15 is 0 Å². The minimum atomic E-state index is -0.578. The fourth-order valence-corrected chi connectivity index (χ4v) is 2.27. The van der Waals surface area contributed by atoms with Crippen LogP contribution in [0.25, 0.3) is 5.57 Å². The zero-order valence-electron chi connectivity index (χ0n) is 13.7. The summed E-state index contributed by atoms with van der Waals surface area (Å²) in [5.41, 5.74) is 0.410. The van der Waals surface area contributed by atoms with Gasteiger partial charge in [0, 0.05) is 30.2 Å². The number of rotatable bonds is 5. The zero-order chi connectivity index (χ0) is 17.9. The van der Waals surface area contributed by atoms with Crippen molar-refractivity contribution in [2.24, 2.45) is 0 Å². The SMILES string of the molecule is COC1=CC(=O)C(c2ccc(OC)c(OC(C)=O)c2OC)=CC1=O. The van der Waals surface area contributed by atoms with Crippen molar-refractivity contribution in [3.63, 3.8) is 0 Å². The Morgan fingerprint density at radius 1 is 0.875 bits per heavy atom. The fraction of sp³-hybridized carbons (Fsp3) is 0.235. The molecule has 7 heteroatoms. The Labute approximate surface area is 138 Å². The van der Waals surface area contributed by atoms with Crippen molar-refractivity contribution in [2.45, 2.75) is 6.92 Å². The van der Waals surface area contributed by atoms with Gasteiger partial charge in [0.05, 0.1) is 21.3 Å². The number of carbonyl (C=O) groups excluding carboxylic acids is 3. The standard InChI is InChI=1S/C17H16O7/c1-9(18)24-17-14(21-2)6-5-10(16(17)23-4)11-7-13(20)15(22-3)8-12(11)19/h5-8H,1-4H3. The molecule has 2 rings (SSSR count). The van der Waals surface area contributed by atoms with E-state index in [1.54, 1.807) is 6.07 Å².